The summed E-state index contributed by atoms with van der Waals surface area (Å²) in [5.74, 6) is -0.146. The second-order valence-electron chi connectivity index (χ2n) is 5.43. The van der Waals surface area contributed by atoms with E-state index in [1.807, 2.05) is 20.8 Å². The molecule has 1 aromatic carbocycles. The summed E-state index contributed by atoms with van der Waals surface area (Å²) in [6.45, 7) is 6.37. The van der Waals surface area contributed by atoms with Gasteiger partial charge in [-0.05, 0) is 36.1 Å². The van der Waals surface area contributed by atoms with Crippen molar-refractivity contribution >= 4 is 17.5 Å². The first kappa shape index (κ1) is 15.0. The van der Waals surface area contributed by atoms with Crippen LogP contribution in [-0.2, 0) is 0 Å². The van der Waals surface area contributed by atoms with Crippen LogP contribution in [0.1, 0.15) is 37.6 Å². The molecule has 0 fully saturated rings. The molecule has 0 aliphatic rings. The summed E-state index contributed by atoms with van der Waals surface area (Å²) >= 11 is 5.75. The zero-order chi connectivity index (χ0) is 13.8. The zero-order valence-corrected chi connectivity index (χ0v) is 11.8. The van der Waals surface area contributed by atoms with Gasteiger partial charge in [0.05, 0.1) is 6.10 Å². The van der Waals surface area contributed by atoms with E-state index >= 15 is 0 Å². The van der Waals surface area contributed by atoms with Gasteiger partial charge in [-0.25, -0.2) is 0 Å². The number of aliphatic hydroxyl groups excluding tert-OH is 1. The molecule has 4 heteroatoms. The average molecular weight is 270 g/mol. The third-order valence-corrected chi connectivity index (χ3v) is 3.06. The first-order valence-corrected chi connectivity index (χ1v) is 6.40. The Bertz CT molecular complexity index is 395. The number of benzene rings is 1. The first-order valence-electron chi connectivity index (χ1n) is 6.02. The van der Waals surface area contributed by atoms with Crippen LogP contribution in [0.15, 0.2) is 24.3 Å². The number of hydrogen-bond donors (Lipinski definition) is 2. The van der Waals surface area contributed by atoms with Gasteiger partial charge in [0.1, 0.15) is 0 Å². The fourth-order valence-electron chi connectivity index (χ4n) is 1.46. The fourth-order valence-corrected chi connectivity index (χ4v) is 1.58. The number of carbonyl (C=O) groups is 1. The van der Waals surface area contributed by atoms with Crippen molar-refractivity contribution in [3.05, 3.63) is 34.9 Å². The quantitative estimate of drug-likeness (QED) is 0.883. The maximum Gasteiger partial charge on any atom is 0.251 e. The van der Waals surface area contributed by atoms with E-state index in [4.69, 9.17) is 11.6 Å². The molecule has 0 saturated carbocycles. The maximum atomic E-state index is 11.8. The predicted octanol–water partition coefficient (Wildman–Crippen LogP) is 2.87. The molecule has 100 valence electrons. The molecule has 3 nitrogen and oxygen atoms in total. The molecule has 1 atom stereocenters. The van der Waals surface area contributed by atoms with Crippen molar-refractivity contribution in [2.75, 3.05) is 6.54 Å². The van der Waals surface area contributed by atoms with E-state index < -0.39 is 6.10 Å². The Balaban J connectivity index is 2.40. The Morgan fingerprint density at radius 3 is 2.39 bits per heavy atom. The molecule has 1 unspecified atom stereocenters. The van der Waals surface area contributed by atoms with Crippen molar-refractivity contribution in [2.45, 2.75) is 33.3 Å². The molecule has 0 aliphatic carbocycles. The maximum absolute atomic E-state index is 11.8. The lowest BCUT2D eigenvalue weighted by molar-refractivity contribution is 0.0551. The predicted molar refractivity (Wildman–Crippen MR) is 73.9 cm³/mol. The summed E-state index contributed by atoms with van der Waals surface area (Å²) in [6.07, 6.45) is 0.117. The monoisotopic (exact) mass is 269 g/mol. The summed E-state index contributed by atoms with van der Waals surface area (Å²) in [5, 5.41) is 13.2. The van der Waals surface area contributed by atoms with Crippen LogP contribution >= 0.6 is 11.6 Å². The first-order chi connectivity index (χ1) is 8.30. The lowest BCUT2D eigenvalue weighted by Crippen LogP contribution is -2.32. The number of hydrogen-bond acceptors (Lipinski definition) is 2. The van der Waals surface area contributed by atoms with Crippen LogP contribution in [0.5, 0.6) is 0 Å². The SMILES string of the molecule is CC(C)(C)C(O)CCNC(=O)c1ccc(Cl)cc1. The van der Waals surface area contributed by atoms with Crippen LogP contribution in [0.25, 0.3) is 0 Å². The fraction of sp³-hybridized carbons (Fsp3) is 0.500. The topological polar surface area (TPSA) is 49.3 Å². The van der Waals surface area contributed by atoms with Gasteiger partial charge in [0.25, 0.3) is 5.91 Å². The van der Waals surface area contributed by atoms with Gasteiger partial charge >= 0.3 is 0 Å². The Morgan fingerprint density at radius 2 is 1.89 bits per heavy atom. The molecule has 1 aromatic rings. The molecule has 0 bridgehead atoms. The summed E-state index contributed by atoms with van der Waals surface area (Å²) in [7, 11) is 0. The minimum Gasteiger partial charge on any atom is -0.393 e. The highest BCUT2D eigenvalue weighted by molar-refractivity contribution is 6.30. The summed E-state index contributed by atoms with van der Waals surface area (Å²) in [4.78, 5) is 11.8. The summed E-state index contributed by atoms with van der Waals surface area (Å²) < 4.78 is 0. The second-order valence-corrected chi connectivity index (χ2v) is 5.87. The molecule has 2 N–H and O–H groups in total. The van der Waals surface area contributed by atoms with E-state index in [9.17, 15) is 9.90 Å². The van der Waals surface area contributed by atoms with Gasteiger partial charge in [-0.3, -0.25) is 4.79 Å². The van der Waals surface area contributed by atoms with Gasteiger partial charge in [-0.2, -0.15) is 0 Å². The second kappa shape index (κ2) is 6.21. The summed E-state index contributed by atoms with van der Waals surface area (Å²) in [6, 6.07) is 6.72. The Morgan fingerprint density at radius 1 is 1.33 bits per heavy atom. The minimum absolute atomic E-state index is 0.146. The molecule has 1 rings (SSSR count). The van der Waals surface area contributed by atoms with Crippen molar-refractivity contribution in [1.29, 1.82) is 0 Å². The number of rotatable bonds is 4. The number of halogens is 1. The molecule has 18 heavy (non-hydrogen) atoms. The highest BCUT2D eigenvalue weighted by atomic mass is 35.5. The smallest absolute Gasteiger partial charge is 0.251 e. The molecule has 0 spiro atoms. The van der Waals surface area contributed by atoms with Crippen LogP contribution in [0.3, 0.4) is 0 Å². The van der Waals surface area contributed by atoms with Crippen LogP contribution in [0.4, 0.5) is 0 Å². The van der Waals surface area contributed by atoms with E-state index in [0.29, 0.717) is 23.6 Å². The van der Waals surface area contributed by atoms with Crippen LogP contribution < -0.4 is 5.32 Å². The largest absolute Gasteiger partial charge is 0.393 e. The number of carbonyl (C=O) groups excluding carboxylic acids is 1. The third kappa shape index (κ3) is 4.67. The van der Waals surface area contributed by atoms with E-state index in [2.05, 4.69) is 5.32 Å². The lowest BCUT2D eigenvalue weighted by Gasteiger charge is -2.25. The Labute approximate surface area is 113 Å². The van der Waals surface area contributed by atoms with Crippen molar-refractivity contribution in [3.8, 4) is 0 Å². The van der Waals surface area contributed by atoms with Crippen LogP contribution in [-0.4, -0.2) is 23.7 Å². The van der Waals surface area contributed by atoms with E-state index in [0.717, 1.165) is 0 Å². The molecular formula is C14H20ClNO2. The van der Waals surface area contributed by atoms with Crippen molar-refractivity contribution in [2.24, 2.45) is 5.41 Å². The third-order valence-electron chi connectivity index (χ3n) is 2.81. The van der Waals surface area contributed by atoms with Crippen LogP contribution in [0, 0.1) is 5.41 Å². The van der Waals surface area contributed by atoms with E-state index in [1.165, 1.54) is 0 Å². The highest BCUT2D eigenvalue weighted by Gasteiger charge is 2.21. The number of nitrogens with one attached hydrogen (secondary N) is 1. The Hall–Kier alpha value is -1.06. The molecule has 0 aromatic heterocycles. The number of aliphatic hydroxyl groups is 1. The molecule has 1 amide bonds. The number of amides is 1. The minimum atomic E-state index is -0.428. The van der Waals surface area contributed by atoms with E-state index in [-0.39, 0.29) is 11.3 Å². The Kier molecular flexibility index (Phi) is 5.17. The lowest BCUT2D eigenvalue weighted by atomic mass is 9.87. The van der Waals surface area contributed by atoms with Gasteiger partial charge in [-0.15, -0.1) is 0 Å². The van der Waals surface area contributed by atoms with Crippen molar-refractivity contribution in [3.63, 3.8) is 0 Å². The zero-order valence-electron chi connectivity index (χ0n) is 11.0. The van der Waals surface area contributed by atoms with Crippen molar-refractivity contribution < 1.29 is 9.90 Å². The standard InChI is InChI=1S/C14H20ClNO2/c1-14(2,3)12(17)8-9-16-13(18)10-4-6-11(15)7-5-10/h4-7,12,17H,8-9H2,1-3H3,(H,16,18). The van der Waals surface area contributed by atoms with Gasteiger partial charge in [0.15, 0.2) is 0 Å². The van der Waals surface area contributed by atoms with Crippen molar-refractivity contribution in [1.82, 2.24) is 5.32 Å². The molecule has 0 saturated heterocycles. The van der Waals surface area contributed by atoms with Gasteiger partial charge < -0.3 is 10.4 Å². The highest BCUT2D eigenvalue weighted by Crippen LogP contribution is 2.20. The average Bonchev–Trinajstić information content (AvgIpc) is 2.28. The normalized spacial score (nSPS) is 13.2. The molecule has 0 radical (unpaired) electrons. The van der Waals surface area contributed by atoms with E-state index in [1.54, 1.807) is 24.3 Å². The molecule has 0 heterocycles. The summed E-state index contributed by atoms with van der Waals surface area (Å²) in [5.41, 5.74) is 0.412. The molecular weight excluding hydrogens is 250 g/mol. The van der Waals surface area contributed by atoms with Gasteiger partial charge in [0, 0.05) is 17.1 Å². The van der Waals surface area contributed by atoms with Gasteiger partial charge in [-0.1, -0.05) is 32.4 Å². The van der Waals surface area contributed by atoms with Crippen LogP contribution in [0.2, 0.25) is 5.02 Å². The van der Waals surface area contributed by atoms with Gasteiger partial charge in [0.2, 0.25) is 0 Å². The molecule has 0 aliphatic heterocycles.